The van der Waals surface area contributed by atoms with Crippen LogP contribution in [-0.4, -0.2) is 32.0 Å². The van der Waals surface area contributed by atoms with Crippen molar-refractivity contribution < 1.29 is 14.2 Å². The number of benzene rings is 1. The van der Waals surface area contributed by atoms with Crippen LogP contribution in [0.15, 0.2) is 18.2 Å². The van der Waals surface area contributed by atoms with Crippen molar-refractivity contribution in [3.63, 3.8) is 0 Å². The number of anilines is 1. The molecule has 4 heteroatoms. The average Bonchev–Trinajstić information content (AvgIpc) is 2.85. The van der Waals surface area contributed by atoms with Gasteiger partial charge in [0.15, 0.2) is 0 Å². The zero-order chi connectivity index (χ0) is 14.4. The molecule has 2 unspecified atom stereocenters. The minimum atomic E-state index is 0.287. The summed E-state index contributed by atoms with van der Waals surface area (Å²) in [6, 6.07) is 5.88. The third-order valence-corrected chi connectivity index (χ3v) is 3.40. The Labute approximate surface area is 121 Å². The summed E-state index contributed by atoms with van der Waals surface area (Å²) in [6.07, 6.45) is 2.92. The van der Waals surface area contributed by atoms with Crippen LogP contribution < -0.4 is 14.8 Å². The van der Waals surface area contributed by atoms with E-state index in [0.29, 0.717) is 19.3 Å². The molecule has 0 saturated carbocycles. The van der Waals surface area contributed by atoms with Crippen LogP contribution in [0, 0.1) is 0 Å². The summed E-state index contributed by atoms with van der Waals surface area (Å²) in [4.78, 5) is 0. The SMILES string of the molecule is CCOc1ccc(OCC)c(NCC2CCC(C)O2)c1. The molecule has 2 atom stereocenters. The van der Waals surface area contributed by atoms with Crippen LogP contribution in [0.5, 0.6) is 11.5 Å². The fourth-order valence-electron chi connectivity index (χ4n) is 2.44. The molecule has 112 valence electrons. The van der Waals surface area contributed by atoms with Gasteiger partial charge in [0.2, 0.25) is 0 Å². The summed E-state index contributed by atoms with van der Waals surface area (Å²) in [5.74, 6) is 1.72. The van der Waals surface area contributed by atoms with E-state index in [1.54, 1.807) is 0 Å². The molecule has 1 fully saturated rings. The highest BCUT2D eigenvalue weighted by molar-refractivity contribution is 5.59. The van der Waals surface area contributed by atoms with Crippen LogP contribution >= 0.6 is 0 Å². The quantitative estimate of drug-likeness (QED) is 0.829. The maximum atomic E-state index is 5.83. The summed E-state index contributed by atoms with van der Waals surface area (Å²) in [5.41, 5.74) is 0.973. The van der Waals surface area contributed by atoms with Gasteiger partial charge in [-0.1, -0.05) is 0 Å². The standard InChI is InChI=1S/C16H25NO3/c1-4-18-13-8-9-16(19-5-2)15(10-13)17-11-14-7-6-12(3)20-14/h8-10,12,14,17H,4-7,11H2,1-3H3. The van der Waals surface area contributed by atoms with Crippen LogP contribution in [0.2, 0.25) is 0 Å². The van der Waals surface area contributed by atoms with Gasteiger partial charge in [-0.05, 0) is 45.7 Å². The number of hydrogen-bond acceptors (Lipinski definition) is 4. The van der Waals surface area contributed by atoms with E-state index in [1.165, 1.54) is 0 Å². The minimum absolute atomic E-state index is 0.287. The van der Waals surface area contributed by atoms with Crippen LogP contribution in [0.4, 0.5) is 5.69 Å². The molecule has 2 rings (SSSR count). The van der Waals surface area contributed by atoms with Gasteiger partial charge in [0.1, 0.15) is 11.5 Å². The van der Waals surface area contributed by atoms with Gasteiger partial charge < -0.3 is 19.5 Å². The molecule has 0 aromatic heterocycles. The van der Waals surface area contributed by atoms with Gasteiger partial charge in [0.05, 0.1) is 31.1 Å². The van der Waals surface area contributed by atoms with Crippen molar-refractivity contribution >= 4 is 5.69 Å². The molecule has 0 spiro atoms. The van der Waals surface area contributed by atoms with Crippen molar-refractivity contribution in [1.82, 2.24) is 0 Å². The average molecular weight is 279 g/mol. The van der Waals surface area contributed by atoms with Gasteiger partial charge in [-0.2, -0.15) is 0 Å². The van der Waals surface area contributed by atoms with Crippen molar-refractivity contribution in [3.8, 4) is 11.5 Å². The molecular formula is C16H25NO3. The van der Waals surface area contributed by atoms with E-state index in [2.05, 4.69) is 12.2 Å². The maximum absolute atomic E-state index is 5.83. The Kier molecular flexibility index (Phi) is 5.53. The molecule has 20 heavy (non-hydrogen) atoms. The summed E-state index contributed by atoms with van der Waals surface area (Å²) in [6.45, 7) is 8.22. The number of nitrogens with one attached hydrogen (secondary N) is 1. The van der Waals surface area contributed by atoms with Crippen LogP contribution in [0.1, 0.15) is 33.6 Å². The van der Waals surface area contributed by atoms with Crippen molar-refractivity contribution in [3.05, 3.63) is 18.2 Å². The summed E-state index contributed by atoms with van der Waals surface area (Å²) < 4.78 is 17.0. The van der Waals surface area contributed by atoms with E-state index in [4.69, 9.17) is 14.2 Å². The van der Waals surface area contributed by atoms with Crippen molar-refractivity contribution in [2.24, 2.45) is 0 Å². The van der Waals surface area contributed by atoms with Gasteiger partial charge in [0.25, 0.3) is 0 Å². The van der Waals surface area contributed by atoms with Gasteiger partial charge >= 0.3 is 0 Å². The predicted molar refractivity (Wildman–Crippen MR) is 80.8 cm³/mol. The van der Waals surface area contributed by atoms with Crippen molar-refractivity contribution in [2.45, 2.75) is 45.8 Å². The van der Waals surface area contributed by atoms with Crippen LogP contribution in [0.3, 0.4) is 0 Å². The molecule has 1 heterocycles. The smallest absolute Gasteiger partial charge is 0.142 e. The zero-order valence-corrected chi connectivity index (χ0v) is 12.6. The topological polar surface area (TPSA) is 39.7 Å². The van der Waals surface area contributed by atoms with Gasteiger partial charge in [-0.25, -0.2) is 0 Å². The third-order valence-electron chi connectivity index (χ3n) is 3.40. The van der Waals surface area contributed by atoms with Crippen molar-refractivity contribution in [1.29, 1.82) is 0 Å². The van der Waals surface area contributed by atoms with Gasteiger partial charge in [-0.3, -0.25) is 0 Å². The highest BCUT2D eigenvalue weighted by atomic mass is 16.5. The second-order valence-corrected chi connectivity index (χ2v) is 5.05. The van der Waals surface area contributed by atoms with E-state index in [-0.39, 0.29) is 6.10 Å². The molecule has 0 aliphatic carbocycles. The molecule has 1 aromatic rings. The normalized spacial score (nSPS) is 21.8. The number of hydrogen-bond donors (Lipinski definition) is 1. The first kappa shape index (κ1) is 15.0. The largest absolute Gasteiger partial charge is 0.494 e. The second kappa shape index (κ2) is 7.39. The zero-order valence-electron chi connectivity index (χ0n) is 12.6. The lowest BCUT2D eigenvalue weighted by Crippen LogP contribution is -2.20. The molecule has 0 amide bonds. The fraction of sp³-hybridized carbons (Fsp3) is 0.625. The van der Waals surface area contributed by atoms with Crippen LogP contribution in [0.25, 0.3) is 0 Å². The first-order valence-corrected chi connectivity index (χ1v) is 7.51. The maximum Gasteiger partial charge on any atom is 0.142 e. The second-order valence-electron chi connectivity index (χ2n) is 5.05. The fourth-order valence-corrected chi connectivity index (χ4v) is 2.44. The monoisotopic (exact) mass is 279 g/mol. The lowest BCUT2D eigenvalue weighted by molar-refractivity contribution is 0.0636. The Morgan fingerprint density at radius 1 is 1.20 bits per heavy atom. The Balaban J connectivity index is 2.00. The van der Waals surface area contributed by atoms with E-state index >= 15 is 0 Å². The Morgan fingerprint density at radius 2 is 2.00 bits per heavy atom. The summed E-state index contributed by atoms with van der Waals surface area (Å²) in [7, 11) is 0. The lowest BCUT2D eigenvalue weighted by Gasteiger charge is -2.17. The minimum Gasteiger partial charge on any atom is -0.494 e. The Morgan fingerprint density at radius 3 is 2.65 bits per heavy atom. The van der Waals surface area contributed by atoms with Gasteiger partial charge in [0, 0.05) is 12.6 Å². The van der Waals surface area contributed by atoms with Crippen LogP contribution in [-0.2, 0) is 4.74 Å². The van der Waals surface area contributed by atoms with Gasteiger partial charge in [-0.15, -0.1) is 0 Å². The summed E-state index contributed by atoms with van der Waals surface area (Å²) in [5, 5.41) is 3.43. The first-order valence-electron chi connectivity index (χ1n) is 7.51. The highest BCUT2D eigenvalue weighted by Crippen LogP contribution is 2.30. The number of ether oxygens (including phenoxy) is 3. The number of rotatable bonds is 7. The Hall–Kier alpha value is -1.42. The Bertz CT molecular complexity index is 422. The first-order chi connectivity index (χ1) is 9.72. The van der Waals surface area contributed by atoms with E-state index in [1.807, 2.05) is 32.0 Å². The molecule has 1 N–H and O–H groups in total. The lowest BCUT2D eigenvalue weighted by atomic mass is 10.2. The molecule has 1 aliphatic heterocycles. The summed E-state index contributed by atoms with van der Waals surface area (Å²) >= 11 is 0. The van der Waals surface area contributed by atoms with E-state index in [0.717, 1.165) is 36.6 Å². The molecule has 1 aromatic carbocycles. The van der Waals surface area contributed by atoms with Crippen molar-refractivity contribution in [2.75, 3.05) is 25.1 Å². The molecule has 1 aliphatic rings. The highest BCUT2D eigenvalue weighted by Gasteiger charge is 2.21. The molecule has 0 bridgehead atoms. The molecule has 0 radical (unpaired) electrons. The van der Waals surface area contributed by atoms with E-state index < -0.39 is 0 Å². The molecule has 4 nitrogen and oxygen atoms in total. The van der Waals surface area contributed by atoms with E-state index in [9.17, 15) is 0 Å². The predicted octanol–water partition coefficient (Wildman–Crippen LogP) is 3.46. The molecule has 1 saturated heterocycles. The third kappa shape index (κ3) is 4.04. The molecular weight excluding hydrogens is 254 g/mol.